The summed E-state index contributed by atoms with van der Waals surface area (Å²) in [6.07, 6.45) is 1.84. The minimum absolute atomic E-state index is 0.659. The third kappa shape index (κ3) is 7.74. The molecule has 5 aromatic heterocycles. The monoisotopic (exact) mass is 1000 g/mol. The zero-order valence-electron chi connectivity index (χ0n) is 40.9. The van der Waals surface area contributed by atoms with Gasteiger partial charge in [-0.1, -0.05) is 194 Å². The molecule has 15 aromatic rings. The van der Waals surface area contributed by atoms with Crippen LogP contribution in [0.15, 0.2) is 255 Å². The Balaban J connectivity index is 0.868. The Bertz CT molecular complexity index is 4570. The number of thiophene rings is 2. The maximum atomic E-state index is 5.39. The van der Waals surface area contributed by atoms with E-state index in [2.05, 4.69) is 224 Å². The minimum Gasteiger partial charge on any atom is -0.254 e. The van der Waals surface area contributed by atoms with Gasteiger partial charge in [-0.15, -0.1) is 22.7 Å². The average molecular weight is 1000 g/mol. The molecule has 0 spiro atoms. The summed E-state index contributed by atoms with van der Waals surface area (Å²) in [6.45, 7) is 0. The summed E-state index contributed by atoms with van der Waals surface area (Å²) in [7, 11) is 0. The standard InChI is InChI=1S/C70H42N4S2/c1-2-12-49(13-3-1)70-73-62(51-15-8-14-50(38-51)61-36-35-48-34-33-47-16-11-37-71-66(47)67(48)72-61)42-63(74-70)54-40-52(43-25-29-45(30-26-43)55-19-9-21-59-57-17-4-6-23-64(57)75-68(55)59)39-53(41-54)44-27-31-46(32-28-44)56-20-10-22-60-58-18-5-7-24-65(58)76-69(56)60/h1-42H. The number of fused-ring (bicyclic) bond motifs is 9. The van der Waals surface area contributed by atoms with Crippen LogP contribution in [0, 0.1) is 0 Å². The van der Waals surface area contributed by atoms with Crippen LogP contribution >= 0.6 is 22.7 Å². The fourth-order valence-corrected chi connectivity index (χ4v) is 13.4. The highest BCUT2D eigenvalue weighted by Gasteiger charge is 2.17. The highest BCUT2D eigenvalue weighted by Crippen LogP contribution is 2.43. The van der Waals surface area contributed by atoms with Gasteiger partial charge in [-0.25, -0.2) is 15.0 Å². The zero-order chi connectivity index (χ0) is 50.1. The number of aromatic nitrogens is 4. The Kier molecular flexibility index (Phi) is 10.5. The van der Waals surface area contributed by atoms with Gasteiger partial charge < -0.3 is 0 Å². The van der Waals surface area contributed by atoms with Crippen LogP contribution in [0.2, 0.25) is 0 Å². The molecule has 0 saturated heterocycles. The van der Waals surface area contributed by atoms with E-state index in [0.29, 0.717) is 5.82 Å². The zero-order valence-corrected chi connectivity index (χ0v) is 42.5. The lowest BCUT2D eigenvalue weighted by Gasteiger charge is -2.14. The molecule has 0 aliphatic carbocycles. The predicted molar refractivity (Wildman–Crippen MR) is 322 cm³/mol. The maximum absolute atomic E-state index is 5.39. The largest absolute Gasteiger partial charge is 0.254 e. The maximum Gasteiger partial charge on any atom is 0.160 e. The molecule has 4 nitrogen and oxygen atoms in total. The minimum atomic E-state index is 0.659. The second-order valence-electron chi connectivity index (χ2n) is 19.3. The first-order valence-corrected chi connectivity index (χ1v) is 27.1. The van der Waals surface area contributed by atoms with Crippen molar-refractivity contribution in [3.8, 4) is 89.7 Å². The summed E-state index contributed by atoms with van der Waals surface area (Å²) < 4.78 is 5.24. The molecule has 10 aromatic carbocycles. The molecule has 0 unspecified atom stereocenters. The summed E-state index contributed by atoms with van der Waals surface area (Å²) in [4.78, 5) is 20.6. The van der Waals surface area contributed by atoms with Crippen LogP contribution in [-0.4, -0.2) is 19.9 Å². The van der Waals surface area contributed by atoms with Crippen LogP contribution in [0.3, 0.4) is 0 Å². The van der Waals surface area contributed by atoms with Crippen LogP contribution in [0.4, 0.5) is 0 Å². The van der Waals surface area contributed by atoms with E-state index in [1.165, 1.54) is 62.6 Å². The third-order valence-corrected chi connectivity index (χ3v) is 17.2. The lowest BCUT2D eigenvalue weighted by atomic mass is 9.92. The van der Waals surface area contributed by atoms with Gasteiger partial charge in [0.25, 0.3) is 0 Å². The summed E-state index contributed by atoms with van der Waals surface area (Å²) >= 11 is 3.73. The lowest BCUT2D eigenvalue weighted by molar-refractivity contribution is 1.18. The Labute approximate surface area is 446 Å². The summed E-state index contributed by atoms with van der Waals surface area (Å²) in [5.74, 6) is 0.659. The van der Waals surface area contributed by atoms with Crippen LogP contribution in [0.25, 0.3) is 152 Å². The highest BCUT2D eigenvalue weighted by molar-refractivity contribution is 7.26. The fraction of sp³-hybridized carbons (Fsp3) is 0. The van der Waals surface area contributed by atoms with E-state index in [1.807, 2.05) is 53.1 Å². The van der Waals surface area contributed by atoms with Gasteiger partial charge in [0.2, 0.25) is 0 Å². The van der Waals surface area contributed by atoms with Gasteiger partial charge >= 0.3 is 0 Å². The number of pyridine rings is 2. The van der Waals surface area contributed by atoms with Crippen molar-refractivity contribution in [2.45, 2.75) is 0 Å². The molecular formula is C70H42N4S2. The SMILES string of the molecule is c1ccc(-c2nc(-c3cc(-c4ccc(-c5cccc6c5sc5ccccc56)cc4)cc(-c4ccc(-c5cccc6c5sc5ccccc56)cc4)c3)cc(-c3cccc(-c4ccc5ccc6cccnc6c5n4)c3)n2)cc1. The highest BCUT2D eigenvalue weighted by atomic mass is 32.1. The number of nitrogens with zero attached hydrogens (tertiary/aromatic N) is 4. The molecular weight excluding hydrogens is 961 g/mol. The molecule has 0 aliphatic rings. The molecule has 76 heavy (non-hydrogen) atoms. The topological polar surface area (TPSA) is 51.6 Å². The van der Waals surface area contributed by atoms with Crippen molar-refractivity contribution in [1.29, 1.82) is 0 Å². The summed E-state index contributed by atoms with van der Waals surface area (Å²) in [5, 5.41) is 7.34. The lowest BCUT2D eigenvalue weighted by Crippen LogP contribution is -1.97. The van der Waals surface area contributed by atoms with Crippen LogP contribution in [-0.2, 0) is 0 Å². The van der Waals surface area contributed by atoms with E-state index in [0.717, 1.165) is 83.4 Å². The van der Waals surface area contributed by atoms with Gasteiger partial charge in [-0.2, -0.15) is 0 Å². The van der Waals surface area contributed by atoms with E-state index in [1.54, 1.807) is 0 Å². The van der Waals surface area contributed by atoms with Crippen molar-refractivity contribution in [2.75, 3.05) is 0 Å². The first kappa shape index (κ1) is 44.1. The molecule has 0 fully saturated rings. The summed E-state index contributed by atoms with van der Waals surface area (Å²) in [6, 6.07) is 89.3. The Hall–Kier alpha value is -9.46. The Morgan fingerprint density at radius 1 is 0.263 bits per heavy atom. The third-order valence-electron chi connectivity index (χ3n) is 14.7. The van der Waals surface area contributed by atoms with E-state index < -0.39 is 0 Å². The smallest absolute Gasteiger partial charge is 0.160 e. The number of hydrogen-bond acceptors (Lipinski definition) is 6. The van der Waals surface area contributed by atoms with E-state index in [4.69, 9.17) is 19.9 Å². The van der Waals surface area contributed by atoms with Gasteiger partial charge in [0.1, 0.15) is 0 Å². The molecule has 0 aliphatic heterocycles. The van der Waals surface area contributed by atoms with Crippen molar-refractivity contribution in [1.82, 2.24) is 19.9 Å². The van der Waals surface area contributed by atoms with Crippen LogP contribution < -0.4 is 0 Å². The molecule has 0 bridgehead atoms. The second-order valence-corrected chi connectivity index (χ2v) is 21.4. The Morgan fingerprint density at radius 2 is 0.737 bits per heavy atom. The first-order valence-electron chi connectivity index (χ1n) is 25.5. The van der Waals surface area contributed by atoms with E-state index >= 15 is 0 Å². The van der Waals surface area contributed by atoms with E-state index in [9.17, 15) is 0 Å². The molecule has 0 radical (unpaired) electrons. The second kappa shape index (κ2) is 18.2. The van der Waals surface area contributed by atoms with Gasteiger partial charge in [0.15, 0.2) is 5.82 Å². The van der Waals surface area contributed by atoms with Crippen molar-refractivity contribution >= 4 is 84.8 Å². The molecule has 0 atom stereocenters. The van der Waals surface area contributed by atoms with Crippen molar-refractivity contribution in [3.05, 3.63) is 255 Å². The summed E-state index contributed by atoms with van der Waals surface area (Å²) in [5.41, 5.74) is 17.6. The predicted octanol–water partition coefficient (Wildman–Crippen LogP) is 19.6. The van der Waals surface area contributed by atoms with Crippen molar-refractivity contribution < 1.29 is 0 Å². The van der Waals surface area contributed by atoms with Gasteiger partial charge in [-0.05, 0) is 99.1 Å². The van der Waals surface area contributed by atoms with Crippen LogP contribution in [0.5, 0.6) is 0 Å². The quantitative estimate of drug-likeness (QED) is 0.142. The molecule has 5 heterocycles. The van der Waals surface area contributed by atoms with Crippen LogP contribution in [0.1, 0.15) is 0 Å². The Morgan fingerprint density at radius 3 is 1.37 bits per heavy atom. The molecule has 6 heteroatoms. The first-order chi connectivity index (χ1) is 37.6. The van der Waals surface area contributed by atoms with Crippen molar-refractivity contribution in [3.63, 3.8) is 0 Å². The molecule has 0 N–H and O–H groups in total. The number of rotatable bonds is 8. The number of benzene rings is 10. The number of hydrogen-bond donors (Lipinski definition) is 0. The molecule has 15 rings (SSSR count). The average Bonchev–Trinajstić information content (AvgIpc) is 4.09. The molecule has 0 amide bonds. The normalized spacial score (nSPS) is 11.7. The molecule has 0 saturated carbocycles. The van der Waals surface area contributed by atoms with Crippen molar-refractivity contribution in [2.24, 2.45) is 0 Å². The fourth-order valence-electron chi connectivity index (χ4n) is 10.9. The van der Waals surface area contributed by atoms with Gasteiger partial charge in [-0.3, -0.25) is 4.98 Å². The molecule has 354 valence electrons. The van der Waals surface area contributed by atoms with Gasteiger partial charge in [0.05, 0.1) is 28.1 Å². The van der Waals surface area contributed by atoms with Gasteiger partial charge in [0, 0.05) is 79.6 Å². The van der Waals surface area contributed by atoms with E-state index in [-0.39, 0.29) is 0 Å².